The van der Waals surface area contributed by atoms with Crippen LogP contribution in [0.3, 0.4) is 0 Å². The molecule has 1 fully saturated rings. The van der Waals surface area contributed by atoms with Crippen molar-refractivity contribution < 1.29 is 14.1 Å². The summed E-state index contributed by atoms with van der Waals surface area (Å²) in [7, 11) is 0. The van der Waals surface area contributed by atoms with Gasteiger partial charge in [0, 0.05) is 37.7 Å². The predicted molar refractivity (Wildman–Crippen MR) is 121 cm³/mol. The lowest BCUT2D eigenvalue weighted by molar-refractivity contribution is 0.00701. The number of hydrogen-bond acceptors (Lipinski definition) is 5. The minimum atomic E-state index is -0.472. The standard InChI is InChI=1S/C19H33N5O3.HI/c1-8-20-17(21-9-12(2)16-13(3)23-27-14(16)4)22-15-10-24(11-15)18(25)26-19(5,6)7;/h12,15H,8-11H2,1-7H3,(H2,20,21,22);1H. The topological polar surface area (TPSA) is 92.0 Å². The Balaban J connectivity index is 0.00000392. The van der Waals surface area contributed by atoms with E-state index in [0.717, 1.165) is 29.5 Å². The molecule has 1 atom stereocenters. The van der Waals surface area contributed by atoms with Gasteiger partial charge in [-0.05, 0) is 41.5 Å². The van der Waals surface area contributed by atoms with Crippen molar-refractivity contribution in [1.29, 1.82) is 0 Å². The summed E-state index contributed by atoms with van der Waals surface area (Å²) in [6.07, 6.45) is -0.269. The van der Waals surface area contributed by atoms with Gasteiger partial charge >= 0.3 is 6.09 Å². The van der Waals surface area contributed by atoms with E-state index in [1.54, 1.807) is 4.90 Å². The SMILES string of the molecule is CCNC(=NCC(C)c1c(C)noc1C)NC1CN(C(=O)OC(C)(C)C)C1.I. The van der Waals surface area contributed by atoms with E-state index in [2.05, 4.69) is 22.7 Å². The summed E-state index contributed by atoms with van der Waals surface area (Å²) in [5.74, 6) is 1.82. The Kier molecular flexibility index (Phi) is 9.03. The highest BCUT2D eigenvalue weighted by Gasteiger charge is 2.34. The molecule has 0 saturated carbocycles. The minimum Gasteiger partial charge on any atom is -0.444 e. The number of nitrogens with one attached hydrogen (secondary N) is 2. The first kappa shape index (κ1) is 24.5. The molecular weight excluding hydrogens is 473 g/mol. The largest absolute Gasteiger partial charge is 0.444 e. The second kappa shape index (κ2) is 10.3. The molecule has 0 radical (unpaired) electrons. The number of likely N-dealkylation sites (tertiary alicyclic amines) is 1. The average Bonchev–Trinajstić information content (AvgIpc) is 2.84. The van der Waals surface area contributed by atoms with Crippen LogP contribution in [0, 0.1) is 13.8 Å². The third kappa shape index (κ3) is 6.82. The van der Waals surface area contributed by atoms with E-state index in [1.165, 1.54) is 0 Å². The molecule has 1 unspecified atom stereocenters. The van der Waals surface area contributed by atoms with Crippen LogP contribution in [0.2, 0.25) is 0 Å². The Labute approximate surface area is 184 Å². The molecule has 1 aromatic rings. The highest BCUT2D eigenvalue weighted by atomic mass is 127. The maximum Gasteiger partial charge on any atom is 0.410 e. The molecule has 1 saturated heterocycles. The number of nitrogens with zero attached hydrogens (tertiary/aromatic N) is 3. The second-order valence-corrected chi connectivity index (χ2v) is 8.09. The molecule has 160 valence electrons. The van der Waals surface area contributed by atoms with Crippen molar-refractivity contribution in [2.45, 2.75) is 66.0 Å². The third-order valence-corrected chi connectivity index (χ3v) is 4.32. The minimum absolute atomic E-state index is 0. The van der Waals surface area contributed by atoms with Crippen molar-refractivity contribution in [3.8, 4) is 0 Å². The second-order valence-electron chi connectivity index (χ2n) is 8.09. The van der Waals surface area contributed by atoms with E-state index in [1.807, 2.05) is 41.5 Å². The maximum absolute atomic E-state index is 12.0. The lowest BCUT2D eigenvalue weighted by Crippen LogP contribution is -2.63. The molecule has 1 aliphatic rings. The summed E-state index contributed by atoms with van der Waals surface area (Å²) in [6, 6.07) is 0.171. The number of carbonyl (C=O) groups excluding carboxylic acids is 1. The van der Waals surface area contributed by atoms with Crippen LogP contribution in [0.1, 0.15) is 57.6 Å². The first-order valence-corrected chi connectivity index (χ1v) is 9.56. The van der Waals surface area contributed by atoms with E-state index in [9.17, 15) is 4.79 Å². The van der Waals surface area contributed by atoms with Crippen LogP contribution >= 0.6 is 24.0 Å². The molecule has 0 bridgehead atoms. The first-order valence-electron chi connectivity index (χ1n) is 9.56. The van der Waals surface area contributed by atoms with Gasteiger partial charge in [0.05, 0.1) is 11.7 Å². The fourth-order valence-corrected chi connectivity index (χ4v) is 3.07. The lowest BCUT2D eigenvalue weighted by atomic mass is 10.00. The Hall–Kier alpha value is -1.52. The fraction of sp³-hybridized carbons (Fsp3) is 0.737. The van der Waals surface area contributed by atoms with Gasteiger partial charge in [-0.3, -0.25) is 4.99 Å². The van der Waals surface area contributed by atoms with Gasteiger partial charge in [0.15, 0.2) is 5.96 Å². The Morgan fingerprint density at radius 3 is 2.54 bits per heavy atom. The summed E-state index contributed by atoms with van der Waals surface area (Å²) in [5, 5.41) is 10.7. The zero-order valence-corrected chi connectivity index (χ0v) is 20.3. The monoisotopic (exact) mass is 507 g/mol. The molecule has 28 heavy (non-hydrogen) atoms. The summed E-state index contributed by atoms with van der Waals surface area (Å²) in [5.41, 5.74) is 1.56. The molecular formula is C19H34IN5O3. The van der Waals surface area contributed by atoms with Gasteiger partial charge in [-0.1, -0.05) is 12.1 Å². The predicted octanol–water partition coefficient (Wildman–Crippen LogP) is 3.19. The van der Waals surface area contributed by atoms with Crippen molar-refractivity contribution in [3.63, 3.8) is 0 Å². The van der Waals surface area contributed by atoms with Gasteiger partial charge in [0.1, 0.15) is 11.4 Å². The van der Waals surface area contributed by atoms with E-state index in [-0.39, 0.29) is 42.0 Å². The van der Waals surface area contributed by atoms with Gasteiger partial charge in [0.2, 0.25) is 0 Å². The summed E-state index contributed by atoms with van der Waals surface area (Å²) >= 11 is 0. The van der Waals surface area contributed by atoms with Crippen LogP contribution in [0.25, 0.3) is 0 Å². The lowest BCUT2D eigenvalue weighted by Gasteiger charge is -2.40. The Bertz CT molecular complexity index is 658. The molecule has 9 heteroatoms. The molecule has 0 spiro atoms. The number of halogens is 1. The number of guanidine groups is 1. The van der Waals surface area contributed by atoms with Crippen LogP contribution in [-0.2, 0) is 4.74 Å². The molecule has 0 aromatic carbocycles. The third-order valence-electron chi connectivity index (χ3n) is 4.32. The van der Waals surface area contributed by atoms with E-state index in [0.29, 0.717) is 19.6 Å². The zero-order valence-electron chi connectivity index (χ0n) is 18.0. The molecule has 1 amide bonds. The fourth-order valence-electron chi connectivity index (χ4n) is 3.07. The number of aryl methyl sites for hydroxylation is 2. The van der Waals surface area contributed by atoms with Gasteiger partial charge < -0.3 is 24.8 Å². The number of rotatable bonds is 5. The van der Waals surface area contributed by atoms with Gasteiger partial charge in [-0.15, -0.1) is 24.0 Å². The Morgan fingerprint density at radius 2 is 2.04 bits per heavy atom. The van der Waals surface area contributed by atoms with Gasteiger partial charge in [0.25, 0.3) is 0 Å². The van der Waals surface area contributed by atoms with E-state index >= 15 is 0 Å². The van der Waals surface area contributed by atoms with Crippen LogP contribution in [0.5, 0.6) is 0 Å². The molecule has 2 N–H and O–H groups in total. The number of carbonyl (C=O) groups is 1. The maximum atomic E-state index is 12.0. The smallest absolute Gasteiger partial charge is 0.410 e. The Morgan fingerprint density at radius 1 is 1.39 bits per heavy atom. The highest BCUT2D eigenvalue weighted by Crippen LogP contribution is 2.23. The summed E-state index contributed by atoms with van der Waals surface area (Å²) in [6.45, 7) is 16.3. The number of aliphatic imine (C=N–C) groups is 1. The first-order chi connectivity index (χ1) is 12.6. The summed E-state index contributed by atoms with van der Waals surface area (Å²) < 4.78 is 10.6. The average molecular weight is 507 g/mol. The van der Waals surface area contributed by atoms with Gasteiger partial charge in [-0.25, -0.2) is 4.79 Å². The quantitative estimate of drug-likeness (QED) is 0.362. The zero-order chi connectivity index (χ0) is 20.2. The van der Waals surface area contributed by atoms with E-state index < -0.39 is 5.60 Å². The number of aromatic nitrogens is 1. The van der Waals surface area contributed by atoms with E-state index in [4.69, 9.17) is 14.3 Å². The van der Waals surface area contributed by atoms with Crippen LogP contribution < -0.4 is 10.6 Å². The molecule has 1 aliphatic heterocycles. The highest BCUT2D eigenvalue weighted by molar-refractivity contribution is 14.0. The number of ether oxygens (including phenoxy) is 1. The van der Waals surface area contributed by atoms with Crippen molar-refractivity contribution in [3.05, 3.63) is 17.0 Å². The molecule has 0 aliphatic carbocycles. The van der Waals surface area contributed by atoms with Crippen molar-refractivity contribution in [2.24, 2.45) is 4.99 Å². The van der Waals surface area contributed by atoms with Crippen molar-refractivity contribution >= 4 is 36.0 Å². The number of hydrogen-bond donors (Lipinski definition) is 2. The van der Waals surface area contributed by atoms with Crippen molar-refractivity contribution in [2.75, 3.05) is 26.2 Å². The normalized spacial score (nSPS) is 16.1. The van der Waals surface area contributed by atoms with Crippen LogP contribution in [0.4, 0.5) is 4.79 Å². The molecule has 2 rings (SSSR count). The molecule has 8 nitrogen and oxygen atoms in total. The van der Waals surface area contributed by atoms with Gasteiger partial charge in [-0.2, -0.15) is 0 Å². The molecule has 2 heterocycles. The number of amides is 1. The molecule has 1 aromatic heterocycles. The van der Waals surface area contributed by atoms with Crippen LogP contribution in [0.15, 0.2) is 9.52 Å². The summed E-state index contributed by atoms with van der Waals surface area (Å²) in [4.78, 5) is 18.4. The van der Waals surface area contributed by atoms with Crippen LogP contribution in [-0.4, -0.2) is 59.9 Å². The van der Waals surface area contributed by atoms with Crippen molar-refractivity contribution in [1.82, 2.24) is 20.7 Å².